The minimum atomic E-state index is -1.73. The van der Waals surface area contributed by atoms with Gasteiger partial charge in [0.25, 0.3) is 0 Å². The third kappa shape index (κ3) is 7.06. The van der Waals surface area contributed by atoms with Gasteiger partial charge in [0.15, 0.2) is 6.23 Å². The first kappa shape index (κ1) is 15.1. The van der Waals surface area contributed by atoms with Crippen LogP contribution in [-0.2, 0) is 9.47 Å². The summed E-state index contributed by atoms with van der Waals surface area (Å²) in [5, 5.41) is 2.28. The molecule has 90 valence electrons. The summed E-state index contributed by atoms with van der Waals surface area (Å²) >= 11 is 16.9. The average molecular weight is 279 g/mol. The van der Waals surface area contributed by atoms with Crippen molar-refractivity contribution in [3.8, 4) is 0 Å². The zero-order chi connectivity index (χ0) is 12.1. The number of ether oxygens (including phenoxy) is 2. The topological polar surface area (TPSA) is 47.6 Å². The number of rotatable bonds is 4. The molecule has 0 fully saturated rings. The van der Waals surface area contributed by atoms with E-state index in [1.807, 2.05) is 13.8 Å². The van der Waals surface area contributed by atoms with Crippen LogP contribution in [0.4, 0.5) is 4.79 Å². The molecule has 4 nitrogen and oxygen atoms in total. The quantitative estimate of drug-likeness (QED) is 0.635. The Balaban J connectivity index is 4.26. The molecule has 0 bridgehead atoms. The molecule has 0 unspecified atom stereocenters. The van der Waals surface area contributed by atoms with Gasteiger partial charge in [-0.3, -0.25) is 5.32 Å². The molecule has 0 aromatic carbocycles. The first-order valence-electron chi connectivity index (χ1n) is 4.30. The Kier molecular flexibility index (Phi) is 6.68. The number of hydrogen-bond donors (Lipinski definition) is 1. The highest BCUT2D eigenvalue weighted by molar-refractivity contribution is 6.68. The summed E-state index contributed by atoms with van der Waals surface area (Å²) in [6, 6.07) is 0. The van der Waals surface area contributed by atoms with Crippen LogP contribution in [0.25, 0.3) is 0 Å². The molecule has 0 aliphatic carbocycles. The molecule has 0 saturated carbocycles. The van der Waals surface area contributed by atoms with Crippen LogP contribution in [0.3, 0.4) is 0 Å². The Morgan fingerprint density at radius 3 is 2.27 bits per heavy atom. The molecule has 0 rings (SSSR count). The van der Waals surface area contributed by atoms with Gasteiger partial charge in [0.1, 0.15) is 0 Å². The van der Waals surface area contributed by atoms with Crippen molar-refractivity contribution in [2.75, 3.05) is 13.7 Å². The van der Waals surface area contributed by atoms with Gasteiger partial charge in [-0.1, -0.05) is 48.7 Å². The third-order valence-electron chi connectivity index (χ3n) is 1.33. The van der Waals surface area contributed by atoms with Crippen molar-refractivity contribution < 1.29 is 14.3 Å². The van der Waals surface area contributed by atoms with Crippen LogP contribution in [0.2, 0.25) is 0 Å². The predicted molar refractivity (Wildman–Crippen MR) is 60.4 cm³/mol. The number of methoxy groups -OCH3 is 1. The molecule has 0 aromatic heterocycles. The largest absolute Gasteiger partial charge is 0.453 e. The van der Waals surface area contributed by atoms with Crippen molar-refractivity contribution >= 4 is 40.9 Å². The van der Waals surface area contributed by atoms with E-state index in [0.717, 1.165) is 0 Å². The van der Waals surface area contributed by atoms with Crippen molar-refractivity contribution in [2.45, 2.75) is 23.9 Å². The van der Waals surface area contributed by atoms with Crippen molar-refractivity contribution in [1.29, 1.82) is 0 Å². The van der Waals surface area contributed by atoms with Gasteiger partial charge in [0, 0.05) is 0 Å². The van der Waals surface area contributed by atoms with Crippen molar-refractivity contribution in [2.24, 2.45) is 5.92 Å². The highest BCUT2D eigenvalue weighted by Crippen LogP contribution is 2.31. The summed E-state index contributed by atoms with van der Waals surface area (Å²) < 4.78 is 7.88. The highest BCUT2D eigenvalue weighted by atomic mass is 35.6. The second-order valence-corrected chi connectivity index (χ2v) is 5.65. The number of hydrogen-bond acceptors (Lipinski definition) is 3. The van der Waals surface area contributed by atoms with Gasteiger partial charge >= 0.3 is 6.09 Å². The summed E-state index contributed by atoms with van der Waals surface area (Å²) in [6.07, 6.45) is -1.74. The van der Waals surface area contributed by atoms with Crippen LogP contribution < -0.4 is 5.32 Å². The van der Waals surface area contributed by atoms with E-state index in [9.17, 15) is 4.79 Å². The normalized spacial score (nSPS) is 13.8. The fourth-order valence-corrected chi connectivity index (χ4v) is 1.03. The third-order valence-corrected chi connectivity index (χ3v) is 1.92. The molecule has 7 heteroatoms. The minimum absolute atomic E-state index is 0.263. The van der Waals surface area contributed by atoms with E-state index in [0.29, 0.717) is 6.61 Å². The molecule has 1 amide bonds. The molecule has 0 radical (unpaired) electrons. The molecule has 0 spiro atoms. The summed E-state index contributed by atoms with van der Waals surface area (Å²) in [5.41, 5.74) is 0. The van der Waals surface area contributed by atoms with Gasteiger partial charge in [-0.2, -0.15) is 0 Å². The second-order valence-electron chi connectivity index (χ2n) is 3.28. The lowest BCUT2D eigenvalue weighted by Gasteiger charge is -2.25. The number of halogens is 3. The molecule has 0 saturated heterocycles. The average Bonchev–Trinajstić information content (AvgIpc) is 2.09. The molecule has 1 N–H and O–H groups in total. The van der Waals surface area contributed by atoms with Crippen LogP contribution in [0.5, 0.6) is 0 Å². The maximum Gasteiger partial charge on any atom is 0.409 e. The zero-order valence-corrected chi connectivity index (χ0v) is 11.0. The maximum atomic E-state index is 10.9. The number of amides is 1. The van der Waals surface area contributed by atoms with Crippen LogP contribution in [0.1, 0.15) is 13.8 Å². The van der Waals surface area contributed by atoms with Gasteiger partial charge < -0.3 is 9.47 Å². The summed E-state index contributed by atoms with van der Waals surface area (Å²) in [6.45, 7) is 4.24. The second kappa shape index (κ2) is 6.63. The smallest absolute Gasteiger partial charge is 0.409 e. The standard InChI is InChI=1S/C8H14Cl3NO3/c1-5(2)4-15-6(8(9,10)11)12-7(13)14-3/h5-6H,4H2,1-3H3,(H,12,13)/t6-/m0/s1. The lowest BCUT2D eigenvalue weighted by Crippen LogP contribution is -2.46. The lowest BCUT2D eigenvalue weighted by atomic mass is 10.2. The van der Waals surface area contributed by atoms with Gasteiger partial charge in [-0.05, 0) is 5.92 Å². The molecule has 0 aliphatic heterocycles. The summed E-state index contributed by atoms with van der Waals surface area (Å²) in [7, 11) is 1.22. The van der Waals surface area contributed by atoms with E-state index in [1.54, 1.807) is 0 Å². The molecule has 15 heavy (non-hydrogen) atoms. The van der Waals surface area contributed by atoms with E-state index in [2.05, 4.69) is 10.1 Å². The van der Waals surface area contributed by atoms with E-state index >= 15 is 0 Å². The van der Waals surface area contributed by atoms with Crippen molar-refractivity contribution in [3.63, 3.8) is 0 Å². The maximum absolute atomic E-state index is 10.9. The first-order valence-corrected chi connectivity index (χ1v) is 5.43. The Labute approximate surface area is 104 Å². The SMILES string of the molecule is COC(=O)N[C@@H](OCC(C)C)C(Cl)(Cl)Cl. The van der Waals surface area contributed by atoms with Crippen molar-refractivity contribution in [3.05, 3.63) is 0 Å². The molecular formula is C8H14Cl3NO3. The van der Waals surface area contributed by atoms with Gasteiger partial charge in [-0.25, -0.2) is 4.79 Å². The number of alkyl halides is 3. The Morgan fingerprint density at radius 2 is 1.93 bits per heavy atom. The van der Waals surface area contributed by atoms with E-state index in [4.69, 9.17) is 39.5 Å². The number of carbonyl (C=O) groups excluding carboxylic acids is 1. The Bertz CT molecular complexity index is 206. The first-order chi connectivity index (χ1) is 6.77. The van der Waals surface area contributed by atoms with Crippen LogP contribution >= 0.6 is 34.8 Å². The van der Waals surface area contributed by atoms with Gasteiger partial charge in [0.2, 0.25) is 3.79 Å². The highest BCUT2D eigenvalue weighted by Gasteiger charge is 2.35. The number of alkyl carbamates (subject to hydrolysis) is 1. The zero-order valence-electron chi connectivity index (χ0n) is 8.72. The lowest BCUT2D eigenvalue weighted by molar-refractivity contribution is 0.0169. The minimum Gasteiger partial charge on any atom is -0.453 e. The molecular weight excluding hydrogens is 264 g/mol. The molecule has 0 heterocycles. The van der Waals surface area contributed by atoms with Crippen LogP contribution in [0.15, 0.2) is 0 Å². The fourth-order valence-electron chi connectivity index (χ4n) is 0.673. The van der Waals surface area contributed by atoms with E-state index in [-0.39, 0.29) is 5.92 Å². The molecule has 0 aromatic rings. The van der Waals surface area contributed by atoms with Crippen LogP contribution in [0, 0.1) is 5.92 Å². The molecule has 1 atom stereocenters. The van der Waals surface area contributed by atoms with E-state index in [1.165, 1.54) is 7.11 Å². The Morgan fingerprint density at radius 1 is 1.40 bits per heavy atom. The summed E-state index contributed by atoms with van der Waals surface area (Å²) in [4.78, 5) is 10.9. The van der Waals surface area contributed by atoms with Crippen molar-refractivity contribution in [1.82, 2.24) is 5.32 Å². The number of carbonyl (C=O) groups is 1. The van der Waals surface area contributed by atoms with Crippen LogP contribution in [-0.4, -0.2) is 29.8 Å². The monoisotopic (exact) mass is 277 g/mol. The molecule has 0 aliphatic rings. The van der Waals surface area contributed by atoms with E-state index < -0.39 is 16.1 Å². The summed E-state index contributed by atoms with van der Waals surface area (Å²) in [5.74, 6) is 0.263. The van der Waals surface area contributed by atoms with Gasteiger partial charge in [0.05, 0.1) is 13.7 Å². The van der Waals surface area contributed by atoms with Gasteiger partial charge in [-0.15, -0.1) is 0 Å². The number of nitrogens with one attached hydrogen (secondary N) is 1. The Hall–Kier alpha value is 0.1000. The predicted octanol–water partition coefficient (Wildman–Crippen LogP) is 2.71. The fraction of sp³-hybridized carbons (Fsp3) is 0.875.